The Morgan fingerprint density at radius 1 is 0.620 bits per heavy atom. The van der Waals surface area contributed by atoms with Crippen molar-refractivity contribution < 1.29 is 92.2 Å². The van der Waals surface area contributed by atoms with E-state index in [9.17, 15) is 68.4 Å². The first kappa shape index (κ1) is 84.7. The van der Waals surface area contributed by atoms with E-state index >= 15 is 14.4 Å². The molecule has 2 aromatic rings. The van der Waals surface area contributed by atoms with E-state index in [4.69, 9.17) is 26.4 Å². The predicted molar refractivity (Wildman–Crippen MR) is 361 cm³/mol. The van der Waals surface area contributed by atoms with Crippen molar-refractivity contribution in [1.82, 2.24) is 63.8 Å². The lowest BCUT2D eigenvalue weighted by atomic mass is 9.95. The summed E-state index contributed by atoms with van der Waals surface area (Å²) < 4.78 is 11.4. The topological polar surface area (TPSA) is 542 Å². The van der Waals surface area contributed by atoms with Gasteiger partial charge in [-0.05, 0) is 79.7 Å². The van der Waals surface area contributed by atoms with E-state index in [2.05, 4.69) is 53.2 Å². The van der Waals surface area contributed by atoms with Gasteiger partial charge in [-0.2, -0.15) is 0 Å². The molecule has 1 heterocycles. The fraction of sp³-hybridized carbons (Fsp3) is 0.606. The van der Waals surface area contributed by atoms with E-state index < -0.39 is 205 Å². The Balaban J connectivity index is 2.41. The van der Waals surface area contributed by atoms with Crippen molar-refractivity contribution in [2.75, 3.05) is 19.7 Å². The molecule has 1 aliphatic heterocycles. The summed E-state index contributed by atoms with van der Waals surface area (Å²) in [6, 6.07) is -2.84. The minimum absolute atomic E-state index is 0.00135. The average molecular weight is 1410 g/mol. The second-order valence-corrected chi connectivity index (χ2v) is 26.2. The molecule has 0 aliphatic carbocycles. The van der Waals surface area contributed by atoms with Crippen molar-refractivity contribution in [2.24, 2.45) is 41.1 Å². The third kappa shape index (κ3) is 28.0. The van der Waals surface area contributed by atoms with Crippen LogP contribution in [-0.2, 0) is 73.6 Å². The quantitative estimate of drug-likeness (QED) is 0.0190. The molecule has 34 heteroatoms. The third-order valence-electron chi connectivity index (χ3n) is 16.0. The summed E-state index contributed by atoms with van der Waals surface area (Å²) >= 11 is 0. The van der Waals surface area contributed by atoms with Crippen LogP contribution < -0.4 is 75.3 Å². The van der Waals surface area contributed by atoms with Gasteiger partial charge in [-0.3, -0.25) is 58.1 Å². The van der Waals surface area contributed by atoms with Crippen LogP contribution in [0.5, 0.6) is 0 Å². The third-order valence-corrected chi connectivity index (χ3v) is 16.0. The molecule has 0 aromatic heterocycles. The number of primary amides is 1. The minimum Gasteiger partial charge on any atom is -0.453 e. The summed E-state index contributed by atoms with van der Waals surface area (Å²) in [5.41, 5.74) is 11.4. The number of aliphatic hydroxyl groups is 4. The van der Waals surface area contributed by atoms with E-state index in [-0.39, 0.29) is 63.2 Å². The number of rotatable bonds is 26. The number of aliphatic hydroxyl groups excluding tert-OH is 4. The Bertz CT molecular complexity index is 3110. The Labute approximate surface area is 581 Å². The molecular formula is C66H103N15O19. The van der Waals surface area contributed by atoms with Crippen molar-refractivity contribution in [2.45, 2.75) is 206 Å². The van der Waals surface area contributed by atoms with E-state index in [1.807, 2.05) is 10.6 Å². The van der Waals surface area contributed by atoms with Gasteiger partial charge in [0.2, 0.25) is 65.0 Å². The molecule has 0 spiro atoms. The lowest BCUT2D eigenvalue weighted by Gasteiger charge is -2.34. The number of hydrogen-bond donors (Lipinski definition) is 19. The smallest absolute Gasteiger partial charge is 0.408 e. The van der Waals surface area contributed by atoms with Crippen molar-refractivity contribution in [3.63, 3.8) is 0 Å². The van der Waals surface area contributed by atoms with Gasteiger partial charge in [0.15, 0.2) is 24.2 Å². The first-order valence-electron chi connectivity index (χ1n) is 33.2. The molecule has 2 aromatic carbocycles. The molecule has 3 rings (SSSR count). The van der Waals surface area contributed by atoms with E-state index in [0.717, 1.165) is 6.92 Å². The van der Waals surface area contributed by atoms with Crippen molar-refractivity contribution in [3.8, 4) is 0 Å². The van der Waals surface area contributed by atoms with Gasteiger partial charge in [0.1, 0.15) is 61.0 Å². The maximum Gasteiger partial charge on any atom is 0.408 e. The van der Waals surface area contributed by atoms with Crippen LogP contribution >= 0.6 is 0 Å². The second kappa shape index (κ2) is 41.8. The van der Waals surface area contributed by atoms with Crippen molar-refractivity contribution in [1.29, 1.82) is 5.41 Å². The summed E-state index contributed by atoms with van der Waals surface area (Å²) in [5, 5.41) is 81.2. The number of amides is 12. The molecule has 34 nitrogen and oxygen atoms in total. The van der Waals surface area contributed by atoms with Crippen molar-refractivity contribution in [3.05, 3.63) is 71.8 Å². The zero-order valence-corrected chi connectivity index (χ0v) is 58.4. The normalized spacial score (nSPS) is 23.3. The summed E-state index contributed by atoms with van der Waals surface area (Å²) in [7, 11) is 0. The standard InChI is InChI=1S/C66H103N15O19/c1-12-36(10)46-60(93)79-47(37(11)83)59(92)71-29-45(84)77-49(52(86)54(67)87)62(95)75-44(30-82)64(97)100-53(39-22-17-14-18-23-39)50(81-58(91)42(27-33(4)5)73-57(90)43(28-34(6)7)76-66(98)99-31-38-20-15-13-16-21-38)63(96)80-48(51(85)35(8)9)61(94)74-41(26-32(2)3)56(89)72-40(55(88)78-46)24-19-25-70-65(68)69/h13-18,20-23,32-37,40-44,46-53,82-83,85-86H,12,19,24-31H2,1-11H3,(H2,67,87)(H,71,92)(H,72,89)(H,73,90)(H,74,94)(H,75,95)(H,76,98)(H,77,84)(H,78,88)(H,79,93)(H,80,96)(H,81,91)(H4,68,69,70)/t36-,37-,40+,41-,42-,43+,44?,46-,47-,48-,49-,50-,51+,52-,53+/m0/s1. The molecule has 1 unspecified atom stereocenters. The first-order valence-corrected chi connectivity index (χ1v) is 33.2. The lowest BCUT2D eigenvalue weighted by Crippen LogP contribution is -2.64. The fourth-order valence-corrected chi connectivity index (χ4v) is 10.3. The Hall–Kier alpha value is -9.54. The maximum absolute atomic E-state index is 15.6. The molecule has 12 amide bonds. The van der Waals surface area contributed by atoms with Gasteiger partial charge in [0, 0.05) is 6.54 Å². The number of alkyl carbamates (subject to hydrolysis) is 1. The minimum atomic E-state index is -2.60. The molecule has 1 saturated heterocycles. The van der Waals surface area contributed by atoms with Crippen LogP contribution in [0.2, 0.25) is 0 Å². The van der Waals surface area contributed by atoms with Gasteiger partial charge >= 0.3 is 12.1 Å². The van der Waals surface area contributed by atoms with Crippen LogP contribution in [0.1, 0.15) is 132 Å². The summed E-state index contributed by atoms with van der Waals surface area (Å²) in [5.74, 6) is -18.2. The largest absolute Gasteiger partial charge is 0.453 e. The number of carbonyl (C=O) groups is 13. The number of benzene rings is 2. The van der Waals surface area contributed by atoms with Gasteiger partial charge in [0.25, 0.3) is 0 Å². The van der Waals surface area contributed by atoms with Crippen LogP contribution in [0, 0.1) is 35.0 Å². The second-order valence-electron chi connectivity index (χ2n) is 26.2. The Kier molecular flexibility index (Phi) is 35.4. The number of guanidine groups is 1. The maximum atomic E-state index is 15.6. The Morgan fingerprint density at radius 2 is 1.15 bits per heavy atom. The van der Waals surface area contributed by atoms with Gasteiger partial charge in [-0.25, -0.2) is 9.59 Å². The van der Waals surface area contributed by atoms with Gasteiger partial charge < -0.3 is 105 Å². The molecule has 21 N–H and O–H groups in total. The SMILES string of the molecule is CC[C@H](C)[C@@H]1NC(=O)[C@@H](CCCNC(=N)N)NC(=O)[C@H](CC(C)C)NC(=O)[C@H]([C@H](O)C(C)C)NC(=O)[C@@H](NC(=O)[C@H](CC(C)C)NC(=O)[C@@H](CC(C)C)NC(=O)OCc2ccccc2)[C@@H](c2ccccc2)OC(=O)C(CO)NC(=O)[C@H]([C@H](O)C(N)=O)NC(=O)CNC(=O)[C@H]([C@H](C)O)NC1=O. The van der Waals surface area contributed by atoms with E-state index in [1.165, 1.54) is 44.2 Å². The number of esters is 1. The molecular weight excluding hydrogens is 1310 g/mol. The lowest BCUT2D eigenvalue weighted by molar-refractivity contribution is -0.159. The highest BCUT2D eigenvalue weighted by Crippen LogP contribution is 2.25. The number of nitrogens with two attached hydrogens (primary N) is 2. The number of ether oxygens (including phenoxy) is 2. The van der Waals surface area contributed by atoms with E-state index in [1.54, 1.807) is 85.7 Å². The Morgan fingerprint density at radius 3 is 1.69 bits per heavy atom. The summed E-state index contributed by atoms with van der Waals surface area (Å²) in [6.07, 6.45) is -9.52. The highest BCUT2D eigenvalue weighted by Gasteiger charge is 2.44. The molecule has 556 valence electrons. The first-order chi connectivity index (χ1) is 47.0. The van der Waals surface area contributed by atoms with Crippen LogP contribution in [0.3, 0.4) is 0 Å². The molecule has 0 bridgehead atoms. The van der Waals surface area contributed by atoms with Gasteiger partial charge in [0.05, 0.1) is 25.4 Å². The zero-order valence-electron chi connectivity index (χ0n) is 58.4. The van der Waals surface area contributed by atoms with Crippen molar-refractivity contribution >= 4 is 83.0 Å². The molecule has 0 radical (unpaired) electrons. The van der Waals surface area contributed by atoms with Crippen LogP contribution in [0.15, 0.2) is 60.7 Å². The van der Waals surface area contributed by atoms with Crippen LogP contribution in [0.4, 0.5) is 4.79 Å². The van der Waals surface area contributed by atoms with Gasteiger partial charge in [-0.15, -0.1) is 0 Å². The number of carbonyl (C=O) groups excluding carboxylic acids is 13. The zero-order chi connectivity index (χ0) is 75.2. The summed E-state index contributed by atoms with van der Waals surface area (Å²) in [6.45, 7) is 14.9. The predicted octanol–water partition coefficient (Wildman–Crippen LogP) is -3.26. The fourth-order valence-electron chi connectivity index (χ4n) is 10.3. The average Bonchev–Trinajstić information content (AvgIpc) is 0.813. The molecule has 100 heavy (non-hydrogen) atoms. The van der Waals surface area contributed by atoms with Crippen LogP contribution in [-0.4, -0.2) is 202 Å². The number of cyclic esters (lactones) is 1. The number of hydrogen-bond acceptors (Lipinski definition) is 20. The molecule has 15 atom stereocenters. The van der Waals surface area contributed by atoms with Gasteiger partial charge in [-0.1, -0.05) is 136 Å². The monoisotopic (exact) mass is 1410 g/mol. The summed E-state index contributed by atoms with van der Waals surface area (Å²) in [4.78, 5) is 186. The molecule has 0 saturated carbocycles. The molecule has 1 fully saturated rings. The highest BCUT2D eigenvalue weighted by molar-refractivity contribution is 6.00. The number of nitrogens with one attached hydrogen (secondary N) is 13. The molecule has 1 aliphatic rings. The highest BCUT2D eigenvalue weighted by atomic mass is 16.6. The van der Waals surface area contributed by atoms with E-state index in [0.29, 0.717) is 5.56 Å². The van der Waals surface area contributed by atoms with Crippen LogP contribution in [0.25, 0.3) is 0 Å².